The predicted octanol–water partition coefficient (Wildman–Crippen LogP) is 1.41. The highest BCUT2D eigenvalue weighted by atomic mass is 15.3. The van der Waals surface area contributed by atoms with Crippen LogP contribution in [0.25, 0.3) is 5.65 Å². The minimum absolute atomic E-state index is 0.688. The zero-order chi connectivity index (χ0) is 12.2. The molecule has 90 valence electrons. The normalized spacial score (nSPS) is 10.9. The number of pyridine rings is 2. The second-order valence-electron chi connectivity index (χ2n) is 4.00. The van der Waals surface area contributed by atoms with Crippen LogP contribution in [0.2, 0.25) is 0 Å². The van der Waals surface area contributed by atoms with Crippen LogP contribution < -0.4 is 5.32 Å². The maximum absolute atomic E-state index is 4.16. The van der Waals surface area contributed by atoms with Gasteiger partial charge in [-0.15, -0.1) is 10.2 Å². The van der Waals surface area contributed by atoms with Gasteiger partial charge in [-0.1, -0.05) is 6.07 Å². The minimum atomic E-state index is 0.688. The summed E-state index contributed by atoms with van der Waals surface area (Å²) in [6.07, 6.45) is 5.56. The number of fused-ring (bicyclic) bond motifs is 1. The molecule has 0 unspecified atom stereocenters. The molecule has 3 rings (SSSR count). The van der Waals surface area contributed by atoms with Gasteiger partial charge in [-0.2, -0.15) is 0 Å². The first kappa shape index (κ1) is 10.9. The van der Waals surface area contributed by atoms with Crippen LogP contribution >= 0.6 is 0 Å². The van der Waals surface area contributed by atoms with Gasteiger partial charge in [0.05, 0.1) is 6.54 Å². The largest absolute Gasteiger partial charge is 0.306 e. The van der Waals surface area contributed by atoms with E-state index in [1.54, 1.807) is 12.4 Å². The van der Waals surface area contributed by atoms with E-state index < -0.39 is 0 Å². The summed E-state index contributed by atoms with van der Waals surface area (Å²) in [6.45, 7) is 1.48. The SMILES string of the molecule is c1ccn2c(CNCc3ccncc3)nnc2c1. The second kappa shape index (κ2) is 4.93. The molecule has 3 aromatic rings. The Morgan fingerprint density at radius 3 is 2.78 bits per heavy atom. The molecule has 0 atom stereocenters. The van der Waals surface area contributed by atoms with Crippen molar-refractivity contribution in [2.45, 2.75) is 13.1 Å². The molecule has 18 heavy (non-hydrogen) atoms. The molecular formula is C13H13N5. The first-order chi connectivity index (χ1) is 8.93. The van der Waals surface area contributed by atoms with Crippen molar-refractivity contribution in [3.8, 4) is 0 Å². The lowest BCUT2D eigenvalue weighted by atomic mass is 10.3. The number of nitrogens with zero attached hydrogens (tertiary/aromatic N) is 4. The van der Waals surface area contributed by atoms with Gasteiger partial charge in [0.25, 0.3) is 0 Å². The summed E-state index contributed by atoms with van der Waals surface area (Å²) in [6, 6.07) is 9.87. The van der Waals surface area contributed by atoms with Gasteiger partial charge in [-0.3, -0.25) is 9.38 Å². The molecule has 0 bridgehead atoms. The summed E-state index contributed by atoms with van der Waals surface area (Å²) >= 11 is 0. The van der Waals surface area contributed by atoms with Crippen LogP contribution in [0.1, 0.15) is 11.4 Å². The molecule has 3 heterocycles. The van der Waals surface area contributed by atoms with Crippen LogP contribution in [0, 0.1) is 0 Å². The van der Waals surface area contributed by atoms with E-state index in [0.29, 0.717) is 6.54 Å². The zero-order valence-corrected chi connectivity index (χ0v) is 9.82. The molecule has 0 spiro atoms. The maximum atomic E-state index is 4.16. The van der Waals surface area contributed by atoms with Crippen molar-refractivity contribution < 1.29 is 0 Å². The fourth-order valence-electron chi connectivity index (χ4n) is 1.83. The van der Waals surface area contributed by atoms with Gasteiger partial charge in [0, 0.05) is 25.1 Å². The van der Waals surface area contributed by atoms with Crippen LogP contribution in [0.4, 0.5) is 0 Å². The first-order valence-electron chi connectivity index (χ1n) is 5.82. The number of aromatic nitrogens is 4. The predicted molar refractivity (Wildman–Crippen MR) is 67.8 cm³/mol. The Balaban J connectivity index is 1.67. The summed E-state index contributed by atoms with van der Waals surface area (Å²) in [5.74, 6) is 0.916. The van der Waals surface area contributed by atoms with E-state index in [4.69, 9.17) is 0 Å². The zero-order valence-electron chi connectivity index (χ0n) is 9.82. The second-order valence-corrected chi connectivity index (χ2v) is 4.00. The Labute approximate surface area is 105 Å². The molecule has 0 aliphatic carbocycles. The van der Waals surface area contributed by atoms with Gasteiger partial charge in [-0.25, -0.2) is 0 Å². The summed E-state index contributed by atoms with van der Waals surface area (Å²) in [5, 5.41) is 11.6. The first-order valence-corrected chi connectivity index (χ1v) is 5.82. The lowest BCUT2D eigenvalue weighted by molar-refractivity contribution is 0.656. The Kier molecular flexibility index (Phi) is 2.97. The van der Waals surface area contributed by atoms with E-state index in [1.165, 1.54) is 5.56 Å². The summed E-state index contributed by atoms with van der Waals surface area (Å²) in [7, 11) is 0. The average Bonchev–Trinajstić information content (AvgIpc) is 2.84. The number of hydrogen-bond acceptors (Lipinski definition) is 4. The third-order valence-corrected chi connectivity index (χ3v) is 2.75. The maximum Gasteiger partial charge on any atom is 0.160 e. The third-order valence-electron chi connectivity index (χ3n) is 2.75. The highest BCUT2D eigenvalue weighted by Crippen LogP contribution is 2.03. The molecule has 5 heteroatoms. The van der Waals surface area contributed by atoms with Gasteiger partial charge in [0.15, 0.2) is 11.5 Å². The van der Waals surface area contributed by atoms with E-state index in [1.807, 2.05) is 40.9 Å². The van der Waals surface area contributed by atoms with Crippen LogP contribution in [0.15, 0.2) is 48.9 Å². The Morgan fingerprint density at radius 1 is 1.00 bits per heavy atom. The van der Waals surface area contributed by atoms with E-state index in [2.05, 4.69) is 20.5 Å². The quantitative estimate of drug-likeness (QED) is 0.748. The molecule has 1 N–H and O–H groups in total. The standard InChI is InChI=1S/C13H13N5/c1-2-8-18-12(3-1)16-17-13(18)10-15-9-11-4-6-14-7-5-11/h1-8,15H,9-10H2. The van der Waals surface area contributed by atoms with Gasteiger partial charge < -0.3 is 5.32 Å². The van der Waals surface area contributed by atoms with Crippen molar-refractivity contribution in [1.29, 1.82) is 0 Å². The van der Waals surface area contributed by atoms with E-state index in [-0.39, 0.29) is 0 Å². The monoisotopic (exact) mass is 239 g/mol. The molecule has 0 radical (unpaired) electrons. The summed E-state index contributed by atoms with van der Waals surface area (Å²) in [5.41, 5.74) is 2.08. The Morgan fingerprint density at radius 2 is 1.89 bits per heavy atom. The molecule has 0 aromatic carbocycles. The van der Waals surface area contributed by atoms with E-state index >= 15 is 0 Å². The molecule has 0 fully saturated rings. The highest BCUT2D eigenvalue weighted by Gasteiger charge is 2.03. The Hall–Kier alpha value is -2.27. The molecule has 0 aliphatic heterocycles. The summed E-state index contributed by atoms with van der Waals surface area (Å²) < 4.78 is 1.99. The van der Waals surface area contributed by atoms with Crippen LogP contribution in [0.3, 0.4) is 0 Å². The van der Waals surface area contributed by atoms with E-state index in [0.717, 1.165) is 18.0 Å². The van der Waals surface area contributed by atoms with Crippen molar-refractivity contribution in [3.63, 3.8) is 0 Å². The molecular weight excluding hydrogens is 226 g/mol. The number of rotatable bonds is 4. The van der Waals surface area contributed by atoms with Crippen molar-refractivity contribution in [1.82, 2.24) is 24.9 Å². The smallest absolute Gasteiger partial charge is 0.160 e. The van der Waals surface area contributed by atoms with Crippen molar-refractivity contribution in [2.75, 3.05) is 0 Å². The Bertz CT molecular complexity index is 632. The molecule has 5 nitrogen and oxygen atoms in total. The van der Waals surface area contributed by atoms with Gasteiger partial charge in [-0.05, 0) is 29.8 Å². The lowest BCUT2D eigenvalue weighted by Gasteiger charge is -2.03. The summed E-state index contributed by atoms with van der Waals surface area (Å²) in [4.78, 5) is 3.99. The van der Waals surface area contributed by atoms with Gasteiger partial charge in [0.2, 0.25) is 0 Å². The van der Waals surface area contributed by atoms with E-state index in [9.17, 15) is 0 Å². The number of nitrogens with one attached hydrogen (secondary N) is 1. The number of hydrogen-bond donors (Lipinski definition) is 1. The molecule has 0 aliphatic rings. The highest BCUT2D eigenvalue weighted by molar-refractivity contribution is 5.36. The van der Waals surface area contributed by atoms with Gasteiger partial charge >= 0.3 is 0 Å². The van der Waals surface area contributed by atoms with Crippen LogP contribution in [-0.4, -0.2) is 19.6 Å². The molecule has 0 amide bonds. The fourth-order valence-corrected chi connectivity index (χ4v) is 1.83. The average molecular weight is 239 g/mol. The lowest BCUT2D eigenvalue weighted by Crippen LogP contribution is -2.14. The fraction of sp³-hybridized carbons (Fsp3) is 0.154. The molecule has 0 saturated heterocycles. The van der Waals surface area contributed by atoms with Crippen molar-refractivity contribution in [3.05, 3.63) is 60.3 Å². The van der Waals surface area contributed by atoms with Crippen LogP contribution in [-0.2, 0) is 13.1 Å². The third kappa shape index (κ3) is 2.21. The van der Waals surface area contributed by atoms with Gasteiger partial charge in [0.1, 0.15) is 0 Å². The van der Waals surface area contributed by atoms with Crippen molar-refractivity contribution in [2.24, 2.45) is 0 Å². The minimum Gasteiger partial charge on any atom is -0.306 e. The van der Waals surface area contributed by atoms with Crippen molar-refractivity contribution >= 4 is 5.65 Å². The topological polar surface area (TPSA) is 55.1 Å². The molecule has 0 saturated carbocycles. The van der Waals surface area contributed by atoms with Crippen LogP contribution in [0.5, 0.6) is 0 Å². The molecule has 3 aromatic heterocycles.